The first-order chi connectivity index (χ1) is 11.1. The van der Waals surface area contributed by atoms with Crippen LogP contribution in [-0.4, -0.2) is 23.4 Å². The van der Waals surface area contributed by atoms with Gasteiger partial charge in [-0.2, -0.15) is 8.42 Å². The molecule has 4 aromatic rings. The quantitative estimate of drug-likeness (QED) is 0.606. The molecule has 0 saturated heterocycles. The summed E-state index contributed by atoms with van der Waals surface area (Å²) in [6.45, 7) is 0. The summed E-state index contributed by atoms with van der Waals surface area (Å²) in [5, 5.41) is 0.740. The zero-order chi connectivity index (χ0) is 15.9. The summed E-state index contributed by atoms with van der Waals surface area (Å²) in [5.74, 6) is 0. The minimum absolute atomic E-state index is 0.119. The lowest BCUT2D eigenvalue weighted by Crippen LogP contribution is -2.15. The van der Waals surface area contributed by atoms with E-state index < -0.39 is 10.0 Å². The lowest BCUT2D eigenvalue weighted by atomic mass is 10.2. The number of benzene rings is 2. The van der Waals surface area contributed by atoms with Gasteiger partial charge >= 0.3 is 0 Å². The lowest BCUT2D eigenvalue weighted by molar-refractivity contribution is 0.594. The maximum absolute atomic E-state index is 12.6. The highest BCUT2D eigenvalue weighted by Crippen LogP contribution is 2.23. The number of hydrogen-bond donors (Lipinski definition) is 2. The predicted octanol–water partition coefficient (Wildman–Crippen LogP) is 2.91. The van der Waals surface area contributed by atoms with Crippen LogP contribution in [0.2, 0.25) is 0 Å². The molecule has 114 valence electrons. The van der Waals surface area contributed by atoms with Crippen molar-refractivity contribution in [1.82, 2.24) is 15.0 Å². The Morgan fingerprint density at radius 1 is 0.957 bits per heavy atom. The van der Waals surface area contributed by atoms with Crippen LogP contribution in [0.15, 0.2) is 66.0 Å². The van der Waals surface area contributed by atoms with E-state index in [2.05, 4.69) is 19.7 Å². The molecule has 0 saturated carbocycles. The van der Waals surface area contributed by atoms with E-state index in [1.54, 1.807) is 36.5 Å². The normalized spacial score (nSPS) is 11.8. The highest BCUT2D eigenvalue weighted by Gasteiger charge is 2.20. The number of aromatic nitrogens is 3. The van der Waals surface area contributed by atoms with Crippen LogP contribution in [0.5, 0.6) is 0 Å². The van der Waals surface area contributed by atoms with E-state index in [1.807, 2.05) is 24.3 Å². The number of sulfonamides is 1. The van der Waals surface area contributed by atoms with Gasteiger partial charge in [0.15, 0.2) is 0 Å². The molecule has 6 nitrogen and oxygen atoms in total. The van der Waals surface area contributed by atoms with E-state index in [-0.39, 0.29) is 5.16 Å². The molecule has 0 bridgehead atoms. The molecule has 2 aromatic carbocycles. The molecule has 0 aliphatic carbocycles. The van der Waals surface area contributed by atoms with Crippen molar-refractivity contribution < 1.29 is 8.42 Å². The molecule has 2 aromatic heterocycles. The Bertz CT molecular complexity index is 1080. The number of H-pyrrole nitrogens is 1. The maximum atomic E-state index is 12.6. The van der Waals surface area contributed by atoms with E-state index in [1.165, 1.54) is 0 Å². The fourth-order valence-electron chi connectivity index (χ4n) is 2.44. The average Bonchev–Trinajstić information content (AvgIpc) is 3.00. The van der Waals surface area contributed by atoms with Crippen molar-refractivity contribution in [2.24, 2.45) is 0 Å². The Balaban J connectivity index is 1.79. The van der Waals surface area contributed by atoms with Gasteiger partial charge in [-0.1, -0.05) is 30.3 Å². The van der Waals surface area contributed by atoms with Gasteiger partial charge < -0.3 is 4.98 Å². The Labute approximate surface area is 132 Å². The smallest absolute Gasteiger partial charge is 0.295 e. The molecule has 0 aliphatic rings. The SMILES string of the molecule is O=S(=O)(Nc1cccc2cccnc12)c1nc2ccccc2[nH]1. The number of hydrogen-bond acceptors (Lipinski definition) is 4. The zero-order valence-electron chi connectivity index (χ0n) is 11.9. The van der Waals surface area contributed by atoms with E-state index in [0.717, 1.165) is 5.39 Å². The predicted molar refractivity (Wildman–Crippen MR) is 88.6 cm³/mol. The standard InChI is InChI=1S/C16H12N4O2S/c21-23(22,16-18-12-7-1-2-8-13(12)19-16)20-14-9-3-5-11-6-4-10-17-15(11)14/h1-10,20H,(H,18,19). The summed E-state index contributed by atoms with van der Waals surface area (Å²) >= 11 is 0. The van der Waals surface area contributed by atoms with Crippen molar-refractivity contribution in [3.8, 4) is 0 Å². The second kappa shape index (κ2) is 5.06. The van der Waals surface area contributed by atoms with Crippen LogP contribution in [0, 0.1) is 0 Å². The molecule has 0 radical (unpaired) electrons. The van der Waals surface area contributed by atoms with Crippen LogP contribution in [0.25, 0.3) is 21.9 Å². The molecule has 0 fully saturated rings. The van der Waals surface area contributed by atoms with Crippen LogP contribution in [0.3, 0.4) is 0 Å². The van der Waals surface area contributed by atoms with Crippen molar-refractivity contribution in [2.45, 2.75) is 5.16 Å². The number of fused-ring (bicyclic) bond motifs is 2. The molecule has 7 heteroatoms. The van der Waals surface area contributed by atoms with Crippen LogP contribution >= 0.6 is 0 Å². The summed E-state index contributed by atoms with van der Waals surface area (Å²) in [7, 11) is -3.82. The number of aromatic amines is 1. The van der Waals surface area contributed by atoms with Gasteiger partial charge in [0.05, 0.1) is 22.2 Å². The third-order valence-electron chi connectivity index (χ3n) is 3.50. The van der Waals surface area contributed by atoms with E-state index >= 15 is 0 Å². The second-order valence-electron chi connectivity index (χ2n) is 5.05. The van der Waals surface area contributed by atoms with Crippen LogP contribution in [0.1, 0.15) is 0 Å². The highest BCUT2D eigenvalue weighted by atomic mass is 32.2. The lowest BCUT2D eigenvalue weighted by Gasteiger charge is -2.08. The molecule has 0 amide bonds. The van der Waals surface area contributed by atoms with E-state index in [0.29, 0.717) is 22.2 Å². The van der Waals surface area contributed by atoms with Gasteiger partial charge in [0.1, 0.15) is 0 Å². The summed E-state index contributed by atoms with van der Waals surface area (Å²) in [4.78, 5) is 11.2. The number of para-hydroxylation sites is 3. The molecule has 0 spiro atoms. The summed E-state index contributed by atoms with van der Waals surface area (Å²) in [5.41, 5.74) is 2.28. The first-order valence-corrected chi connectivity index (χ1v) is 8.43. The van der Waals surface area contributed by atoms with Gasteiger partial charge in [-0.15, -0.1) is 0 Å². The van der Waals surface area contributed by atoms with Crippen molar-refractivity contribution in [1.29, 1.82) is 0 Å². The molecule has 0 aliphatic heterocycles. The number of pyridine rings is 1. The number of imidazole rings is 1. The van der Waals surface area contributed by atoms with E-state index in [4.69, 9.17) is 0 Å². The fraction of sp³-hybridized carbons (Fsp3) is 0. The van der Waals surface area contributed by atoms with Crippen LogP contribution in [0.4, 0.5) is 5.69 Å². The molecule has 0 unspecified atom stereocenters. The maximum Gasteiger partial charge on any atom is 0.295 e. The average molecular weight is 324 g/mol. The topological polar surface area (TPSA) is 87.7 Å². The largest absolute Gasteiger partial charge is 0.327 e. The molecular weight excluding hydrogens is 312 g/mol. The minimum atomic E-state index is -3.82. The molecular formula is C16H12N4O2S. The van der Waals surface area contributed by atoms with Crippen LogP contribution < -0.4 is 4.72 Å². The number of rotatable bonds is 3. The Morgan fingerprint density at radius 3 is 2.65 bits per heavy atom. The van der Waals surface area contributed by atoms with Crippen molar-refractivity contribution in [2.75, 3.05) is 4.72 Å². The first-order valence-electron chi connectivity index (χ1n) is 6.95. The third-order valence-corrected chi connectivity index (χ3v) is 4.69. The fourth-order valence-corrected chi connectivity index (χ4v) is 3.45. The Hall–Kier alpha value is -2.93. The molecule has 4 rings (SSSR count). The molecule has 0 atom stereocenters. The number of nitrogens with zero attached hydrogens (tertiary/aromatic N) is 2. The van der Waals surface area contributed by atoms with Crippen molar-refractivity contribution in [3.05, 3.63) is 60.8 Å². The Kier molecular flexibility index (Phi) is 3.02. The van der Waals surface area contributed by atoms with Gasteiger partial charge in [0.25, 0.3) is 10.0 Å². The monoisotopic (exact) mass is 324 g/mol. The number of nitrogens with one attached hydrogen (secondary N) is 2. The number of anilines is 1. The van der Waals surface area contributed by atoms with Gasteiger partial charge in [-0.05, 0) is 24.3 Å². The summed E-state index contributed by atoms with van der Waals surface area (Å²) in [6, 6.07) is 16.2. The molecule has 2 N–H and O–H groups in total. The highest BCUT2D eigenvalue weighted by molar-refractivity contribution is 7.92. The summed E-state index contributed by atoms with van der Waals surface area (Å²) < 4.78 is 27.7. The molecule has 2 heterocycles. The molecule has 23 heavy (non-hydrogen) atoms. The van der Waals surface area contributed by atoms with Crippen molar-refractivity contribution >= 4 is 37.6 Å². The summed E-state index contributed by atoms with van der Waals surface area (Å²) in [6.07, 6.45) is 1.63. The van der Waals surface area contributed by atoms with Crippen molar-refractivity contribution in [3.63, 3.8) is 0 Å². The van der Waals surface area contributed by atoms with Gasteiger partial charge in [-0.3, -0.25) is 9.71 Å². The van der Waals surface area contributed by atoms with E-state index in [9.17, 15) is 8.42 Å². The second-order valence-corrected chi connectivity index (χ2v) is 6.64. The van der Waals surface area contributed by atoms with Gasteiger partial charge in [0.2, 0.25) is 5.16 Å². The van der Waals surface area contributed by atoms with Gasteiger partial charge in [0, 0.05) is 11.6 Å². The minimum Gasteiger partial charge on any atom is -0.327 e. The third kappa shape index (κ3) is 2.40. The first kappa shape index (κ1) is 13.7. The van der Waals surface area contributed by atoms with Crippen LogP contribution in [-0.2, 0) is 10.0 Å². The van der Waals surface area contributed by atoms with Gasteiger partial charge in [-0.25, -0.2) is 4.98 Å². The zero-order valence-corrected chi connectivity index (χ0v) is 12.7. The Morgan fingerprint density at radius 2 is 1.78 bits per heavy atom.